The molecule has 0 amide bonds. The first kappa shape index (κ1) is 11.4. The Morgan fingerprint density at radius 1 is 1.64 bits per heavy atom. The Hall–Kier alpha value is -0.660. The maximum absolute atomic E-state index is 11.4. The Kier molecular flexibility index (Phi) is 3.46. The van der Waals surface area contributed by atoms with Crippen LogP contribution in [0, 0.1) is 0 Å². The smallest absolute Gasteiger partial charge is 0.320 e. The SMILES string of the molecule is CN(C1CCOC1)S(=O)(=O)CC(=O)O. The molecule has 82 valence electrons. The molecule has 0 radical (unpaired) electrons. The summed E-state index contributed by atoms with van der Waals surface area (Å²) in [5.41, 5.74) is 0. The van der Waals surface area contributed by atoms with E-state index in [2.05, 4.69) is 0 Å². The number of sulfonamides is 1. The van der Waals surface area contributed by atoms with Crippen LogP contribution in [0.5, 0.6) is 0 Å². The fourth-order valence-corrected chi connectivity index (χ4v) is 2.43. The Labute approximate surface area is 82.5 Å². The number of rotatable bonds is 4. The van der Waals surface area contributed by atoms with Gasteiger partial charge >= 0.3 is 5.97 Å². The van der Waals surface area contributed by atoms with E-state index in [9.17, 15) is 13.2 Å². The van der Waals surface area contributed by atoms with Crippen molar-refractivity contribution in [1.82, 2.24) is 4.31 Å². The number of aliphatic carboxylic acids is 1. The fraction of sp³-hybridized carbons (Fsp3) is 0.857. The van der Waals surface area contributed by atoms with Crippen molar-refractivity contribution in [2.75, 3.05) is 26.0 Å². The average Bonchev–Trinajstić information content (AvgIpc) is 2.51. The summed E-state index contributed by atoms with van der Waals surface area (Å²) in [5, 5.41) is 8.40. The summed E-state index contributed by atoms with van der Waals surface area (Å²) in [6.07, 6.45) is 0.620. The van der Waals surface area contributed by atoms with E-state index in [0.29, 0.717) is 19.6 Å². The van der Waals surface area contributed by atoms with E-state index in [-0.39, 0.29) is 6.04 Å². The zero-order valence-corrected chi connectivity index (χ0v) is 8.66. The van der Waals surface area contributed by atoms with Crippen LogP contribution in [0.4, 0.5) is 0 Å². The molecule has 0 aromatic rings. The van der Waals surface area contributed by atoms with Crippen LogP contribution < -0.4 is 0 Å². The number of carbonyl (C=O) groups is 1. The van der Waals surface area contributed by atoms with Gasteiger partial charge in [0.2, 0.25) is 10.0 Å². The lowest BCUT2D eigenvalue weighted by atomic mass is 10.3. The monoisotopic (exact) mass is 223 g/mol. The minimum Gasteiger partial charge on any atom is -0.480 e. The molecule has 14 heavy (non-hydrogen) atoms. The number of carboxylic acids is 1. The Bertz CT molecular complexity index is 306. The highest BCUT2D eigenvalue weighted by Gasteiger charge is 2.30. The number of ether oxygens (including phenoxy) is 1. The zero-order chi connectivity index (χ0) is 10.8. The third-order valence-electron chi connectivity index (χ3n) is 2.16. The fourth-order valence-electron chi connectivity index (χ4n) is 1.29. The molecule has 1 fully saturated rings. The molecule has 1 aliphatic rings. The first-order valence-electron chi connectivity index (χ1n) is 4.19. The van der Waals surface area contributed by atoms with Crippen LogP contribution >= 0.6 is 0 Å². The van der Waals surface area contributed by atoms with Crippen LogP contribution in [-0.4, -0.2) is 55.9 Å². The minimum atomic E-state index is -3.69. The van der Waals surface area contributed by atoms with E-state index in [0.717, 1.165) is 4.31 Å². The molecule has 7 heteroatoms. The summed E-state index contributed by atoms with van der Waals surface area (Å²) in [7, 11) is -2.30. The maximum Gasteiger partial charge on any atom is 0.320 e. The first-order chi connectivity index (χ1) is 6.43. The number of hydrogen-bond donors (Lipinski definition) is 1. The van der Waals surface area contributed by atoms with Crippen molar-refractivity contribution in [3.8, 4) is 0 Å². The van der Waals surface area contributed by atoms with Gasteiger partial charge in [-0.3, -0.25) is 4.79 Å². The molecule has 1 atom stereocenters. The van der Waals surface area contributed by atoms with E-state index in [1.54, 1.807) is 0 Å². The third-order valence-corrected chi connectivity index (χ3v) is 3.95. The van der Waals surface area contributed by atoms with Crippen LogP contribution in [0.15, 0.2) is 0 Å². The summed E-state index contributed by atoms with van der Waals surface area (Å²) >= 11 is 0. The lowest BCUT2D eigenvalue weighted by Crippen LogP contribution is -2.40. The van der Waals surface area contributed by atoms with Gasteiger partial charge in [0.1, 0.15) is 0 Å². The van der Waals surface area contributed by atoms with Crippen molar-refractivity contribution >= 4 is 16.0 Å². The maximum atomic E-state index is 11.4. The predicted molar refractivity (Wildman–Crippen MR) is 48.4 cm³/mol. The highest BCUT2D eigenvalue weighted by atomic mass is 32.2. The molecule has 0 spiro atoms. The molecule has 1 aliphatic heterocycles. The van der Waals surface area contributed by atoms with Gasteiger partial charge in [-0.2, -0.15) is 4.31 Å². The quantitative estimate of drug-likeness (QED) is 0.669. The van der Waals surface area contributed by atoms with Crippen molar-refractivity contribution < 1.29 is 23.1 Å². The topological polar surface area (TPSA) is 83.9 Å². The predicted octanol–water partition coefficient (Wildman–Crippen LogP) is -0.878. The van der Waals surface area contributed by atoms with Gasteiger partial charge < -0.3 is 9.84 Å². The molecule has 0 aromatic heterocycles. The van der Waals surface area contributed by atoms with Gasteiger partial charge in [-0.1, -0.05) is 0 Å². The normalized spacial score (nSPS) is 22.9. The summed E-state index contributed by atoms with van der Waals surface area (Å²) in [6.45, 7) is 0.868. The number of carboxylic acid groups (broad SMARTS) is 1. The molecule has 1 saturated heterocycles. The summed E-state index contributed by atoms with van der Waals surface area (Å²) < 4.78 is 29.0. The molecule has 0 bridgehead atoms. The molecule has 0 aliphatic carbocycles. The van der Waals surface area contributed by atoms with Gasteiger partial charge in [-0.15, -0.1) is 0 Å². The van der Waals surface area contributed by atoms with Gasteiger partial charge in [0, 0.05) is 13.7 Å². The highest BCUT2D eigenvalue weighted by molar-refractivity contribution is 7.89. The van der Waals surface area contributed by atoms with Crippen LogP contribution in [0.1, 0.15) is 6.42 Å². The second-order valence-corrected chi connectivity index (χ2v) is 5.21. The summed E-state index contributed by atoms with van der Waals surface area (Å²) in [6, 6.07) is -0.223. The Morgan fingerprint density at radius 2 is 2.29 bits per heavy atom. The minimum absolute atomic E-state index is 0.223. The Morgan fingerprint density at radius 3 is 2.71 bits per heavy atom. The van der Waals surface area contributed by atoms with Crippen molar-refractivity contribution in [2.45, 2.75) is 12.5 Å². The highest BCUT2D eigenvalue weighted by Crippen LogP contribution is 2.14. The van der Waals surface area contributed by atoms with Crippen LogP contribution in [0.2, 0.25) is 0 Å². The number of likely N-dealkylation sites (N-methyl/N-ethyl adjacent to an activating group) is 1. The number of hydrogen-bond acceptors (Lipinski definition) is 4. The van der Waals surface area contributed by atoms with Crippen LogP contribution in [-0.2, 0) is 19.6 Å². The molecule has 1 N–H and O–H groups in total. The lowest BCUT2D eigenvalue weighted by molar-refractivity contribution is -0.134. The number of nitrogens with zero attached hydrogens (tertiary/aromatic N) is 1. The molecular formula is C7H13NO5S. The first-order valence-corrected chi connectivity index (χ1v) is 5.79. The van der Waals surface area contributed by atoms with Gasteiger partial charge in [-0.05, 0) is 6.42 Å². The van der Waals surface area contributed by atoms with Crippen molar-refractivity contribution in [2.24, 2.45) is 0 Å². The summed E-state index contributed by atoms with van der Waals surface area (Å²) in [4.78, 5) is 10.3. The third kappa shape index (κ3) is 2.66. The largest absolute Gasteiger partial charge is 0.480 e. The molecule has 0 aromatic carbocycles. The van der Waals surface area contributed by atoms with Gasteiger partial charge in [0.15, 0.2) is 5.75 Å². The van der Waals surface area contributed by atoms with E-state index in [4.69, 9.17) is 9.84 Å². The summed E-state index contributed by atoms with van der Waals surface area (Å²) in [5.74, 6) is -2.20. The molecule has 1 unspecified atom stereocenters. The molecule has 0 saturated carbocycles. The van der Waals surface area contributed by atoms with Gasteiger partial charge in [0.25, 0.3) is 0 Å². The molecular weight excluding hydrogens is 210 g/mol. The lowest BCUT2D eigenvalue weighted by Gasteiger charge is -2.21. The Balaban J connectivity index is 2.66. The second kappa shape index (κ2) is 4.24. The average molecular weight is 223 g/mol. The van der Waals surface area contributed by atoms with Crippen molar-refractivity contribution in [3.05, 3.63) is 0 Å². The van der Waals surface area contributed by atoms with E-state index < -0.39 is 21.7 Å². The molecule has 1 rings (SSSR count). The van der Waals surface area contributed by atoms with Crippen molar-refractivity contribution in [1.29, 1.82) is 0 Å². The standard InChI is InChI=1S/C7H13NO5S/c1-8(6-2-3-13-4-6)14(11,12)5-7(9)10/h6H,2-5H2,1H3,(H,9,10). The van der Waals surface area contributed by atoms with Gasteiger partial charge in [-0.25, -0.2) is 8.42 Å². The van der Waals surface area contributed by atoms with E-state index >= 15 is 0 Å². The van der Waals surface area contributed by atoms with Crippen LogP contribution in [0.25, 0.3) is 0 Å². The molecule has 1 heterocycles. The van der Waals surface area contributed by atoms with Crippen LogP contribution in [0.3, 0.4) is 0 Å². The second-order valence-electron chi connectivity index (χ2n) is 3.18. The zero-order valence-electron chi connectivity index (χ0n) is 7.84. The van der Waals surface area contributed by atoms with Gasteiger partial charge in [0.05, 0.1) is 12.6 Å². The van der Waals surface area contributed by atoms with Crippen molar-refractivity contribution in [3.63, 3.8) is 0 Å². The molecule has 6 nitrogen and oxygen atoms in total. The van der Waals surface area contributed by atoms with E-state index in [1.807, 2.05) is 0 Å². The van der Waals surface area contributed by atoms with E-state index in [1.165, 1.54) is 7.05 Å².